The van der Waals surface area contributed by atoms with Crippen LogP contribution in [-0.2, 0) is 0 Å². The van der Waals surface area contributed by atoms with E-state index in [9.17, 15) is 9.18 Å². The highest BCUT2D eigenvalue weighted by Gasteiger charge is 2.14. The van der Waals surface area contributed by atoms with Gasteiger partial charge in [-0.15, -0.1) is 0 Å². The van der Waals surface area contributed by atoms with Gasteiger partial charge in [-0.2, -0.15) is 0 Å². The molecule has 8 heteroatoms. The lowest BCUT2D eigenvalue weighted by Gasteiger charge is -2.10. The van der Waals surface area contributed by atoms with Crippen molar-refractivity contribution < 1.29 is 9.18 Å². The highest BCUT2D eigenvalue weighted by Crippen LogP contribution is 2.23. The Hall–Kier alpha value is -2.41. The molecule has 0 aliphatic carbocycles. The fraction of sp³-hybridized carbons (Fsp3) is 0. The molecule has 2 rings (SSSR count). The molecule has 0 bridgehead atoms. The molecule has 19 heavy (non-hydrogen) atoms. The standard InChI is InChI=1S/C11H9ClFN5O/c12-5-1-6(4-16-3-5)17-11-7(10(15)19)2-8(13)9(14)18-11/h1-4H,(H2,15,19)(H3,14,17,18). The first kappa shape index (κ1) is 13.0. The molecule has 0 aliphatic rings. The number of primary amides is 1. The van der Waals surface area contributed by atoms with Crippen LogP contribution >= 0.6 is 11.6 Å². The predicted molar refractivity (Wildman–Crippen MR) is 69.7 cm³/mol. The van der Waals surface area contributed by atoms with Crippen molar-refractivity contribution in [3.05, 3.63) is 40.9 Å². The van der Waals surface area contributed by atoms with Crippen molar-refractivity contribution >= 4 is 34.8 Å². The number of hydrogen-bond acceptors (Lipinski definition) is 5. The van der Waals surface area contributed by atoms with E-state index in [1.54, 1.807) is 6.07 Å². The van der Waals surface area contributed by atoms with Gasteiger partial charge in [0.1, 0.15) is 5.82 Å². The molecule has 0 spiro atoms. The third kappa shape index (κ3) is 2.89. The second kappa shape index (κ2) is 5.07. The number of nitrogen functional groups attached to an aromatic ring is 1. The SMILES string of the molecule is NC(=O)c1cc(F)c(N)nc1Nc1cncc(Cl)c1. The highest BCUT2D eigenvalue weighted by molar-refractivity contribution is 6.30. The van der Waals surface area contributed by atoms with E-state index in [4.69, 9.17) is 23.1 Å². The first-order valence-electron chi connectivity index (χ1n) is 5.11. The molecular formula is C11H9ClFN5O. The molecule has 6 nitrogen and oxygen atoms in total. The summed E-state index contributed by atoms with van der Waals surface area (Å²) in [6.07, 6.45) is 2.89. The maximum Gasteiger partial charge on any atom is 0.252 e. The number of carbonyl (C=O) groups excluding carboxylic acids is 1. The molecule has 0 aromatic carbocycles. The molecule has 0 unspecified atom stereocenters. The van der Waals surface area contributed by atoms with Gasteiger partial charge in [-0.25, -0.2) is 9.37 Å². The molecule has 1 amide bonds. The number of nitrogens with zero attached hydrogens (tertiary/aromatic N) is 2. The van der Waals surface area contributed by atoms with Gasteiger partial charge < -0.3 is 16.8 Å². The number of nitrogens with two attached hydrogens (primary N) is 2. The third-order valence-corrected chi connectivity index (χ3v) is 2.44. The summed E-state index contributed by atoms with van der Waals surface area (Å²) in [5, 5.41) is 3.15. The van der Waals surface area contributed by atoms with Crippen molar-refractivity contribution in [3.63, 3.8) is 0 Å². The molecule has 98 valence electrons. The van der Waals surface area contributed by atoms with Crippen LogP contribution in [0.1, 0.15) is 10.4 Å². The Balaban J connectivity index is 2.44. The van der Waals surface area contributed by atoms with Crippen LogP contribution < -0.4 is 16.8 Å². The van der Waals surface area contributed by atoms with Crippen molar-refractivity contribution in [1.29, 1.82) is 0 Å². The van der Waals surface area contributed by atoms with Crippen LogP contribution in [0.5, 0.6) is 0 Å². The number of halogens is 2. The van der Waals surface area contributed by atoms with Gasteiger partial charge >= 0.3 is 0 Å². The van der Waals surface area contributed by atoms with Gasteiger partial charge in [0, 0.05) is 6.20 Å². The second-order valence-electron chi connectivity index (χ2n) is 3.63. The second-order valence-corrected chi connectivity index (χ2v) is 4.07. The largest absolute Gasteiger partial charge is 0.381 e. The number of amides is 1. The minimum absolute atomic E-state index is 0.0375. The highest BCUT2D eigenvalue weighted by atomic mass is 35.5. The molecule has 5 N–H and O–H groups in total. The van der Waals surface area contributed by atoms with E-state index < -0.39 is 11.7 Å². The molecular weight excluding hydrogens is 273 g/mol. The Morgan fingerprint density at radius 2 is 2.11 bits per heavy atom. The van der Waals surface area contributed by atoms with Gasteiger partial charge in [0.2, 0.25) is 0 Å². The van der Waals surface area contributed by atoms with E-state index in [0.717, 1.165) is 6.07 Å². The van der Waals surface area contributed by atoms with E-state index in [2.05, 4.69) is 15.3 Å². The minimum Gasteiger partial charge on any atom is -0.381 e. The van der Waals surface area contributed by atoms with Gasteiger partial charge in [-0.05, 0) is 12.1 Å². The summed E-state index contributed by atoms with van der Waals surface area (Å²) in [6.45, 7) is 0. The Morgan fingerprint density at radius 3 is 2.74 bits per heavy atom. The van der Waals surface area contributed by atoms with E-state index in [0.29, 0.717) is 10.7 Å². The lowest BCUT2D eigenvalue weighted by Crippen LogP contribution is -2.16. The summed E-state index contributed by atoms with van der Waals surface area (Å²) in [6, 6.07) is 2.48. The zero-order valence-corrected chi connectivity index (χ0v) is 10.3. The third-order valence-electron chi connectivity index (χ3n) is 2.24. The minimum atomic E-state index is -0.830. The maximum atomic E-state index is 13.3. The molecule has 0 aliphatic heterocycles. The van der Waals surface area contributed by atoms with E-state index >= 15 is 0 Å². The van der Waals surface area contributed by atoms with Crippen LogP contribution in [-0.4, -0.2) is 15.9 Å². The monoisotopic (exact) mass is 281 g/mol. The van der Waals surface area contributed by atoms with Gasteiger partial charge in [0.05, 0.1) is 22.5 Å². The summed E-state index contributed by atoms with van der Waals surface area (Å²) >= 11 is 5.77. The number of nitrogens with one attached hydrogen (secondary N) is 1. The average molecular weight is 282 g/mol. The predicted octanol–water partition coefficient (Wildman–Crippen LogP) is 1.69. The Kier molecular flexibility index (Phi) is 3.48. The van der Waals surface area contributed by atoms with Gasteiger partial charge in [0.15, 0.2) is 11.6 Å². The zero-order chi connectivity index (χ0) is 14.0. The van der Waals surface area contributed by atoms with Crippen LogP contribution in [0.3, 0.4) is 0 Å². The van der Waals surface area contributed by atoms with E-state index in [-0.39, 0.29) is 17.2 Å². The molecule has 2 aromatic rings. The summed E-state index contributed by atoms with van der Waals surface area (Å²) in [4.78, 5) is 18.8. The zero-order valence-electron chi connectivity index (χ0n) is 9.52. The first-order valence-corrected chi connectivity index (χ1v) is 5.48. The topological polar surface area (TPSA) is 107 Å². The van der Waals surface area contributed by atoms with Crippen LogP contribution in [0.15, 0.2) is 24.5 Å². The van der Waals surface area contributed by atoms with E-state index in [1.807, 2.05) is 0 Å². The van der Waals surface area contributed by atoms with Gasteiger partial charge in [0.25, 0.3) is 5.91 Å². The molecule has 2 heterocycles. The normalized spacial score (nSPS) is 10.2. The van der Waals surface area contributed by atoms with Gasteiger partial charge in [-0.3, -0.25) is 9.78 Å². The fourth-order valence-corrected chi connectivity index (χ4v) is 1.58. The summed E-state index contributed by atoms with van der Waals surface area (Å²) in [5.74, 6) is -1.95. The Bertz CT molecular complexity index is 649. The smallest absolute Gasteiger partial charge is 0.252 e. The van der Waals surface area contributed by atoms with Crippen molar-refractivity contribution in [2.75, 3.05) is 11.1 Å². The number of hydrogen-bond donors (Lipinski definition) is 3. The maximum absolute atomic E-state index is 13.3. The van der Waals surface area contributed by atoms with Crippen molar-refractivity contribution in [2.45, 2.75) is 0 Å². The van der Waals surface area contributed by atoms with Crippen LogP contribution in [0.4, 0.5) is 21.7 Å². The number of aromatic nitrogens is 2. The first-order chi connectivity index (χ1) is 8.97. The Labute approximate surface area is 112 Å². The lowest BCUT2D eigenvalue weighted by atomic mass is 10.2. The van der Waals surface area contributed by atoms with Crippen molar-refractivity contribution in [3.8, 4) is 0 Å². The number of rotatable bonds is 3. The molecule has 0 atom stereocenters. The number of pyridine rings is 2. The lowest BCUT2D eigenvalue weighted by molar-refractivity contribution is 0.100. The number of anilines is 3. The van der Waals surface area contributed by atoms with Gasteiger partial charge in [-0.1, -0.05) is 11.6 Å². The molecule has 0 saturated heterocycles. The van der Waals surface area contributed by atoms with Crippen molar-refractivity contribution in [2.24, 2.45) is 5.73 Å². The Morgan fingerprint density at radius 1 is 1.37 bits per heavy atom. The molecule has 0 saturated carbocycles. The van der Waals surface area contributed by atoms with Crippen LogP contribution in [0, 0.1) is 5.82 Å². The summed E-state index contributed by atoms with van der Waals surface area (Å²) in [5.41, 5.74) is 10.8. The quantitative estimate of drug-likeness (QED) is 0.793. The van der Waals surface area contributed by atoms with Crippen LogP contribution in [0.25, 0.3) is 0 Å². The molecule has 2 aromatic heterocycles. The fourth-order valence-electron chi connectivity index (χ4n) is 1.40. The van der Waals surface area contributed by atoms with Crippen LogP contribution in [0.2, 0.25) is 5.02 Å². The van der Waals surface area contributed by atoms with E-state index in [1.165, 1.54) is 12.4 Å². The average Bonchev–Trinajstić information content (AvgIpc) is 2.33. The summed E-state index contributed by atoms with van der Waals surface area (Å²) in [7, 11) is 0. The summed E-state index contributed by atoms with van der Waals surface area (Å²) < 4.78 is 13.3. The van der Waals surface area contributed by atoms with Crippen molar-refractivity contribution in [1.82, 2.24) is 9.97 Å². The molecule has 0 radical (unpaired) electrons. The molecule has 0 fully saturated rings. The number of carbonyl (C=O) groups is 1.